The average Bonchev–Trinajstić information content (AvgIpc) is 3.03. The first-order valence-corrected chi connectivity index (χ1v) is 7.82. The molecule has 1 heterocycles. The summed E-state index contributed by atoms with van der Waals surface area (Å²) < 4.78 is 10.7. The molecule has 126 valence electrons. The summed E-state index contributed by atoms with van der Waals surface area (Å²) in [6, 6.07) is 7.44. The Morgan fingerprint density at radius 2 is 2.00 bits per heavy atom. The van der Waals surface area contributed by atoms with Crippen LogP contribution in [-0.4, -0.2) is 45.7 Å². The third-order valence-electron chi connectivity index (χ3n) is 2.88. The fourth-order valence-electron chi connectivity index (χ4n) is 1.74. The summed E-state index contributed by atoms with van der Waals surface area (Å²) in [5, 5.41) is 12.1. The number of methoxy groups -OCH3 is 1. The number of halogens is 1. The van der Waals surface area contributed by atoms with E-state index in [1.807, 2.05) is 24.3 Å². The first-order chi connectivity index (χ1) is 11.5. The highest BCUT2D eigenvalue weighted by Gasteiger charge is 2.15. The molecule has 0 radical (unpaired) electrons. The highest BCUT2D eigenvalue weighted by Crippen LogP contribution is 2.17. The van der Waals surface area contributed by atoms with E-state index in [2.05, 4.69) is 36.1 Å². The van der Waals surface area contributed by atoms with Crippen molar-refractivity contribution >= 4 is 27.7 Å². The first kappa shape index (κ1) is 17.8. The highest BCUT2D eigenvalue weighted by molar-refractivity contribution is 9.10. The van der Waals surface area contributed by atoms with E-state index in [9.17, 15) is 9.59 Å². The van der Waals surface area contributed by atoms with Gasteiger partial charge >= 0.3 is 5.97 Å². The highest BCUT2D eigenvalue weighted by atomic mass is 79.9. The summed E-state index contributed by atoms with van der Waals surface area (Å²) in [6.45, 7) is 1.81. The molecule has 0 unspecified atom stereocenters. The lowest BCUT2D eigenvalue weighted by Crippen LogP contribution is -2.17. The number of benzene rings is 1. The van der Waals surface area contributed by atoms with Gasteiger partial charge in [0.15, 0.2) is 0 Å². The molecule has 0 N–H and O–H groups in total. The summed E-state index contributed by atoms with van der Waals surface area (Å²) in [7, 11) is 1.39. The Morgan fingerprint density at radius 3 is 2.62 bits per heavy atom. The fraction of sp³-hybridized carbons (Fsp3) is 0.267. The maximum atomic E-state index is 11.7. The molecule has 0 saturated heterocycles. The Labute approximate surface area is 146 Å². The van der Waals surface area contributed by atoms with Crippen molar-refractivity contribution in [3.63, 3.8) is 0 Å². The smallest absolute Gasteiger partial charge is 0.379 e. The Balaban J connectivity index is 2.10. The van der Waals surface area contributed by atoms with Gasteiger partial charge in [-0.2, -0.15) is 4.80 Å². The largest absolute Gasteiger partial charge is 0.499 e. The second-order valence-electron chi connectivity index (χ2n) is 4.55. The molecule has 0 aliphatic rings. The molecule has 1 aromatic heterocycles. The summed E-state index contributed by atoms with van der Waals surface area (Å²) in [4.78, 5) is 24.3. The van der Waals surface area contributed by atoms with E-state index in [1.165, 1.54) is 11.9 Å². The molecule has 2 aromatic rings. The monoisotopic (exact) mass is 394 g/mol. The SMILES string of the molecule is CCOC(=O)C(=O)/C=C(\Cn1nnc(-c2ccc(Br)cc2)n1)OC. The molecule has 1 aromatic carbocycles. The van der Waals surface area contributed by atoms with Crippen LogP contribution in [0.15, 0.2) is 40.6 Å². The predicted molar refractivity (Wildman–Crippen MR) is 87.7 cm³/mol. The first-order valence-electron chi connectivity index (χ1n) is 7.03. The topological polar surface area (TPSA) is 96.2 Å². The van der Waals surface area contributed by atoms with Crippen molar-refractivity contribution in [2.75, 3.05) is 13.7 Å². The number of hydrogen-bond donors (Lipinski definition) is 0. The van der Waals surface area contributed by atoms with Crippen molar-refractivity contribution in [2.45, 2.75) is 13.5 Å². The van der Waals surface area contributed by atoms with E-state index < -0.39 is 11.8 Å². The van der Waals surface area contributed by atoms with Crippen LogP contribution >= 0.6 is 15.9 Å². The minimum Gasteiger partial charge on any atom is -0.499 e. The lowest BCUT2D eigenvalue weighted by molar-refractivity contribution is -0.151. The summed E-state index contributed by atoms with van der Waals surface area (Å²) >= 11 is 3.36. The van der Waals surface area contributed by atoms with Gasteiger partial charge in [-0.1, -0.05) is 15.9 Å². The van der Waals surface area contributed by atoms with Gasteiger partial charge in [-0.05, 0) is 36.4 Å². The minimum absolute atomic E-state index is 0.0607. The average molecular weight is 395 g/mol. The summed E-state index contributed by atoms with van der Waals surface area (Å²) in [6.07, 6.45) is 1.06. The molecule has 24 heavy (non-hydrogen) atoms. The second-order valence-corrected chi connectivity index (χ2v) is 5.47. The van der Waals surface area contributed by atoms with Crippen LogP contribution in [0, 0.1) is 0 Å². The third-order valence-corrected chi connectivity index (χ3v) is 3.41. The van der Waals surface area contributed by atoms with E-state index in [0.29, 0.717) is 5.82 Å². The second kappa shape index (κ2) is 8.34. The van der Waals surface area contributed by atoms with Crippen LogP contribution in [0.25, 0.3) is 11.4 Å². The van der Waals surface area contributed by atoms with Crippen LogP contribution in [-0.2, 0) is 25.6 Å². The minimum atomic E-state index is -0.936. The van der Waals surface area contributed by atoms with Crippen LogP contribution in [0.1, 0.15) is 6.92 Å². The molecular formula is C15H15BrN4O4. The number of nitrogens with zero attached hydrogens (tertiary/aromatic N) is 4. The van der Waals surface area contributed by atoms with E-state index in [0.717, 1.165) is 16.1 Å². The number of allylic oxidation sites excluding steroid dienone is 1. The van der Waals surface area contributed by atoms with Gasteiger partial charge in [0.2, 0.25) is 5.82 Å². The third kappa shape index (κ3) is 4.72. The Bertz CT molecular complexity index is 755. The quantitative estimate of drug-likeness (QED) is 0.305. The van der Waals surface area contributed by atoms with Crippen molar-refractivity contribution < 1.29 is 19.1 Å². The molecule has 0 amide bonds. The lowest BCUT2D eigenvalue weighted by Gasteiger charge is -2.04. The number of esters is 1. The number of tetrazole rings is 1. The zero-order chi connectivity index (χ0) is 17.5. The fourth-order valence-corrected chi connectivity index (χ4v) is 2.00. The molecule has 9 heteroatoms. The van der Waals surface area contributed by atoms with Gasteiger partial charge < -0.3 is 9.47 Å². The van der Waals surface area contributed by atoms with E-state index in [1.54, 1.807) is 6.92 Å². The van der Waals surface area contributed by atoms with Crippen LogP contribution in [0.4, 0.5) is 0 Å². The van der Waals surface area contributed by atoms with E-state index >= 15 is 0 Å². The number of hydrogen-bond acceptors (Lipinski definition) is 7. The van der Waals surface area contributed by atoms with Crippen molar-refractivity contribution in [1.82, 2.24) is 20.2 Å². The van der Waals surface area contributed by atoms with Crippen molar-refractivity contribution in [3.05, 3.63) is 40.6 Å². The maximum absolute atomic E-state index is 11.7. The van der Waals surface area contributed by atoms with Gasteiger partial charge in [-0.3, -0.25) is 4.79 Å². The lowest BCUT2D eigenvalue weighted by atomic mass is 10.2. The zero-order valence-corrected chi connectivity index (χ0v) is 14.7. The molecule has 0 fully saturated rings. The summed E-state index contributed by atoms with van der Waals surface area (Å²) in [5.74, 6) is -1.08. The number of aromatic nitrogens is 4. The van der Waals surface area contributed by atoms with Gasteiger partial charge in [0, 0.05) is 16.1 Å². The number of rotatable bonds is 7. The van der Waals surface area contributed by atoms with Crippen LogP contribution in [0.2, 0.25) is 0 Å². The molecule has 0 bridgehead atoms. The maximum Gasteiger partial charge on any atom is 0.379 e. The van der Waals surface area contributed by atoms with Crippen molar-refractivity contribution in [3.8, 4) is 11.4 Å². The zero-order valence-electron chi connectivity index (χ0n) is 13.1. The molecule has 2 rings (SSSR count). The Kier molecular flexibility index (Phi) is 6.19. The number of ketones is 1. The molecule has 0 atom stereocenters. The van der Waals surface area contributed by atoms with Gasteiger partial charge in [0.05, 0.1) is 13.7 Å². The van der Waals surface area contributed by atoms with Crippen LogP contribution in [0.5, 0.6) is 0 Å². The van der Waals surface area contributed by atoms with Crippen LogP contribution < -0.4 is 0 Å². The Morgan fingerprint density at radius 1 is 1.29 bits per heavy atom. The molecule has 0 aliphatic carbocycles. The van der Waals surface area contributed by atoms with Crippen molar-refractivity contribution in [2.24, 2.45) is 0 Å². The van der Waals surface area contributed by atoms with E-state index in [-0.39, 0.29) is 18.9 Å². The van der Waals surface area contributed by atoms with Gasteiger partial charge in [-0.25, -0.2) is 4.79 Å². The Hall–Kier alpha value is -2.55. The summed E-state index contributed by atoms with van der Waals surface area (Å²) in [5.41, 5.74) is 0.801. The van der Waals surface area contributed by atoms with Gasteiger partial charge in [0.1, 0.15) is 12.3 Å². The van der Waals surface area contributed by atoms with Crippen LogP contribution in [0.3, 0.4) is 0 Å². The van der Waals surface area contributed by atoms with E-state index in [4.69, 9.17) is 4.74 Å². The van der Waals surface area contributed by atoms with Gasteiger partial charge in [-0.15, -0.1) is 10.2 Å². The molecule has 0 aliphatic heterocycles. The molecule has 0 spiro atoms. The number of carbonyl (C=O) groups is 2. The molecule has 0 saturated carbocycles. The van der Waals surface area contributed by atoms with Crippen molar-refractivity contribution in [1.29, 1.82) is 0 Å². The number of ether oxygens (including phenoxy) is 2. The normalized spacial score (nSPS) is 11.2. The molecule has 8 nitrogen and oxygen atoms in total. The van der Waals surface area contributed by atoms with Gasteiger partial charge in [0.25, 0.3) is 5.78 Å². The number of carbonyl (C=O) groups excluding carboxylic acids is 2. The molecular weight excluding hydrogens is 380 g/mol. The predicted octanol–water partition coefficient (Wildman–Crippen LogP) is 1.77. The standard InChI is InChI=1S/C15H15BrN4O4/c1-3-24-15(22)13(21)8-12(23-2)9-20-18-14(17-19-20)10-4-6-11(16)7-5-10/h4-8H,3,9H2,1-2H3/b12-8+.